The standard InChI is InChI=1S/C15H19N3O4S/c1-4-23(19,20)18-12-6-8-15(16-10-12)17-11-5-7-13(21-2)14(9-11)22-3/h5-10,18H,4H2,1-3H3,(H,16,17). The molecule has 2 N–H and O–H groups in total. The maximum atomic E-state index is 11.5. The molecule has 0 bridgehead atoms. The molecule has 0 aliphatic heterocycles. The summed E-state index contributed by atoms with van der Waals surface area (Å²) in [7, 11) is -0.166. The molecule has 0 spiro atoms. The van der Waals surface area contributed by atoms with E-state index in [0.29, 0.717) is 23.0 Å². The number of ether oxygens (including phenoxy) is 2. The topological polar surface area (TPSA) is 89.6 Å². The first-order chi connectivity index (χ1) is 11.0. The number of hydrogen-bond donors (Lipinski definition) is 2. The Kier molecular flexibility index (Phi) is 5.28. The number of pyridine rings is 1. The molecule has 0 saturated carbocycles. The summed E-state index contributed by atoms with van der Waals surface area (Å²) in [4.78, 5) is 4.18. The molecule has 0 unspecified atom stereocenters. The third-order valence-corrected chi connectivity index (χ3v) is 4.38. The van der Waals surface area contributed by atoms with Crippen molar-refractivity contribution in [3.8, 4) is 11.5 Å². The number of sulfonamides is 1. The molecule has 1 heterocycles. The predicted octanol–water partition coefficient (Wildman–Crippen LogP) is 2.60. The van der Waals surface area contributed by atoms with Crippen LogP contribution in [0.25, 0.3) is 0 Å². The van der Waals surface area contributed by atoms with E-state index in [4.69, 9.17) is 9.47 Å². The molecule has 0 amide bonds. The van der Waals surface area contributed by atoms with Crippen LogP contribution < -0.4 is 19.5 Å². The van der Waals surface area contributed by atoms with Gasteiger partial charge in [-0.2, -0.15) is 0 Å². The summed E-state index contributed by atoms with van der Waals surface area (Å²) in [6.07, 6.45) is 1.45. The Morgan fingerprint density at radius 3 is 2.30 bits per heavy atom. The van der Waals surface area contributed by atoms with E-state index in [-0.39, 0.29) is 5.75 Å². The van der Waals surface area contributed by atoms with E-state index in [0.717, 1.165) is 5.69 Å². The maximum Gasteiger partial charge on any atom is 0.232 e. The Bertz CT molecular complexity index is 761. The number of nitrogens with zero attached hydrogens (tertiary/aromatic N) is 1. The highest BCUT2D eigenvalue weighted by Crippen LogP contribution is 2.30. The first-order valence-electron chi connectivity index (χ1n) is 6.93. The summed E-state index contributed by atoms with van der Waals surface area (Å²) in [6, 6.07) is 8.73. The van der Waals surface area contributed by atoms with Crippen molar-refractivity contribution in [3.05, 3.63) is 36.5 Å². The molecule has 8 heteroatoms. The van der Waals surface area contributed by atoms with Crippen molar-refractivity contribution in [2.45, 2.75) is 6.92 Å². The van der Waals surface area contributed by atoms with Crippen LogP contribution in [0.1, 0.15) is 6.92 Å². The fourth-order valence-electron chi connectivity index (χ4n) is 1.84. The van der Waals surface area contributed by atoms with E-state index in [1.54, 1.807) is 45.4 Å². The highest BCUT2D eigenvalue weighted by Gasteiger charge is 2.08. The van der Waals surface area contributed by atoms with Gasteiger partial charge in [0.05, 0.1) is 31.9 Å². The molecule has 0 atom stereocenters. The van der Waals surface area contributed by atoms with Crippen molar-refractivity contribution >= 4 is 27.2 Å². The van der Waals surface area contributed by atoms with Crippen LogP contribution in [0.15, 0.2) is 36.5 Å². The minimum absolute atomic E-state index is 0.0125. The zero-order valence-electron chi connectivity index (χ0n) is 13.2. The summed E-state index contributed by atoms with van der Waals surface area (Å²) in [5.41, 5.74) is 1.20. The number of aromatic nitrogens is 1. The van der Waals surface area contributed by atoms with Gasteiger partial charge in [-0.05, 0) is 31.2 Å². The van der Waals surface area contributed by atoms with Crippen molar-refractivity contribution in [2.24, 2.45) is 0 Å². The van der Waals surface area contributed by atoms with Gasteiger partial charge in [0.25, 0.3) is 0 Å². The Morgan fingerprint density at radius 2 is 1.74 bits per heavy atom. The molecule has 0 radical (unpaired) electrons. The summed E-state index contributed by atoms with van der Waals surface area (Å²) < 4.78 is 35.8. The van der Waals surface area contributed by atoms with Crippen molar-refractivity contribution in [3.63, 3.8) is 0 Å². The molecule has 1 aromatic carbocycles. The summed E-state index contributed by atoms with van der Waals surface area (Å²) in [5, 5.41) is 3.11. The predicted molar refractivity (Wildman–Crippen MR) is 90.1 cm³/mol. The molecule has 2 rings (SSSR count). The molecule has 0 aliphatic rings. The van der Waals surface area contributed by atoms with Gasteiger partial charge in [0.1, 0.15) is 5.82 Å². The van der Waals surface area contributed by atoms with E-state index in [1.807, 2.05) is 6.07 Å². The zero-order chi connectivity index (χ0) is 16.9. The molecule has 1 aromatic heterocycles. The van der Waals surface area contributed by atoms with Gasteiger partial charge in [-0.1, -0.05) is 0 Å². The van der Waals surface area contributed by atoms with Gasteiger partial charge in [-0.3, -0.25) is 4.72 Å². The third kappa shape index (κ3) is 4.49. The number of anilines is 3. The highest BCUT2D eigenvalue weighted by molar-refractivity contribution is 7.92. The number of rotatable bonds is 7. The largest absolute Gasteiger partial charge is 0.493 e. The molecular weight excluding hydrogens is 318 g/mol. The number of hydrogen-bond acceptors (Lipinski definition) is 6. The third-order valence-electron chi connectivity index (χ3n) is 3.07. The minimum Gasteiger partial charge on any atom is -0.493 e. The first kappa shape index (κ1) is 16.9. The van der Waals surface area contributed by atoms with Crippen LogP contribution in [0.2, 0.25) is 0 Å². The summed E-state index contributed by atoms with van der Waals surface area (Å²) in [6.45, 7) is 1.57. The number of benzene rings is 1. The van der Waals surface area contributed by atoms with Gasteiger partial charge in [0.2, 0.25) is 10.0 Å². The SMILES string of the molecule is CCS(=O)(=O)Nc1ccc(Nc2ccc(OC)c(OC)c2)nc1. The van der Waals surface area contributed by atoms with Crippen molar-refractivity contribution < 1.29 is 17.9 Å². The van der Waals surface area contributed by atoms with E-state index < -0.39 is 10.0 Å². The Morgan fingerprint density at radius 1 is 1.04 bits per heavy atom. The lowest BCUT2D eigenvalue weighted by Gasteiger charge is -2.11. The highest BCUT2D eigenvalue weighted by atomic mass is 32.2. The van der Waals surface area contributed by atoms with Crippen LogP contribution in [0, 0.1) is 0 Å². The molecule has 0 fully saturated rings. The average Bonchev–Trinajstić information content (AvgIpc) is 2.56. The van der Waals surface area contributed by atoms with E-state index in [9.17, 15) is 8.42 Å². The Balaban J connectivity index is 2.12. The smallest absolute Gasteiger partial charge is 0.232 e. The fraction of sp³-hybridized carbons (Fsp3) is 0.267. The van der Waals surface area contributed by atoms with Crippen LogP contribution in [0.4, 0.5) is 17.2 Å². The molecule has 2 aromatic rings. The second-order valence-electron chi connectivity index (χ2n) is 4.63. The normalized spacial score (nSPS) is 10.9. The summed E-state index contributed by atoms with van der Waals surface area (Å²) in [5.74, 6) is 1.83. The van der Waals surface area contributed by atoms with Crippen molar-refractivity contribution in [1.82, 2.24) is 4.98 Å². The average molecular weight is 337 g/mol. The Labute approximate surface area is 135 Å². The lowest BCUT2D eigenvalue weighted by Crippen LogP contribution is -2.14. The minimum atomic E-state index is -3.30. The first-order valence-corrected chi connectivity index (χ1v) is 8.58. The van der Waals surface area contributed by atoms with Crippen LogP contribution in [0.3, 0.4) is 0 Å². The molecule has 124 valence electrons. The van der Waals surface area contributed by atoms with E-state index in [2.05, 4.69) is 15.0 Å². The van der Waals surface area contributed by atoms with Crippen molar-refractivity contribution in [2.75, 3.05) is 30.0 Å². The zero-order valence-corrected chi connectivity index (χ0v) is 14.0. The van der Waals surface area contributed by atoms with Gasteiger partial charge < -0.3 is 14.8 Å². The second kappa shape index (κ2) is 7.19. The molecule has 7 nitrogen and oxygen atoms in total. The summed E-state index contributed by atoms with van der Waals surface area (Å²) >= 11 is 0. The van der Waals surface area contributed by atoms with Gasteiger partial charge in [-0.15, -0.1) is 0 Å². The van der Waals surface area contributed by atoms with Crippen LogP contribution in [-0.4, -0.2) is 33.4 Å². The van der Waals surface area contributed by atoms with E-state index in [1.165, 1.54) is 6.20 Å². The Hall–Kier alpha value is -2.48. The van der Waals surface area contributed by atoms with Gasteiger partial charge in [0.15, 0.2) is 11.5 Å². The van der Waals surface area contributed by atoms with Gasteiger partial charge in [0, 0.05) is 11.8 Å². The van der Waals surface area contributed by atoms with E-state index >= 15 is 0 Å². The van der Waals surface area contributed by atoms with Gasteiger partial charge in [-0.25, -0.2) is 13.4 Å². The lowest BCUT2D eigenvalue weighted by molar-refractivity contribution is 0.355. The van der Waals surface area contributed by atoms with Crippen LogP contribution in [0.5, 0.6) is 11.5 Å². The molecule has 0 aliphatic carbocycles. The quantitative estimate of drug-likeness (QED) is 0.807. The molecule has 0 saturated heterocycles. The van der Waals surface area contributed by atoms with Crippen molar-refractivity contribution in [1.29, 1.82) is 0 Å². The maximum absolute atomic E-state index is 11.5. The second-order valence-corrected chi connectivity index (χ2v) is 6.64. The fourth-order valence-corrected chi connectivity index (χ4v) is 2.47. The number of nitrogens with one attached hydrogen (secondary N) is 2. The number of methoxy groups -OCH3 is 2. The monoisotopic (exact) mass is 337 g/mol. The van der Waals surface area contributed by atoms with Crippen LogP contribution in [-0.2, 0) is 10.0 Å². The lowest BCUT2D eigenvalue weighted by atomic mass is 10.2. The van der Waals surface area contributed by atoms with Crippen LogP contribution >= 0.6 is 0 Å². The van der Waals surface area contributed by atoms with Gasteiger partial charge >= 0.3 is 0 Å². The molecular formula is C15H19N3O4S. The molecule has 23 heavy (non-hydrogen) atoms.